The van der Waals surface area contributed by atoms with Gasteiger partial charge in [-0.2, -0.15) is 0 Å². The molecule has 1 aromatic heterocycles. The van der Waals surface area contributed by atoms with Crippen molar-refractivity contribution in [2.45, 2.75) is 31.8 Å². The first kappa shape index (κ1) is 15.5. The Balaban J connectivity index is 1.43. The summed E-state index contributed by atoms with van der Waals surface area (Å²) in [7, 11) is 0. The Kier molecular flexibility index (Phi) is 4.39. The molecule has 2 fully saturated rings. The van der Waals surface area contributed by atoms with E-state index in [4.69, 9.17) is 0 Å². The van der Waals surface area contributed by atoms with Gasteiger partial charge in [0, 0.05) is 50.2 Å². The van der Waals surface area contributed by atoms with Crippen molar-refractivity contribution < 1.29 is 4.79 Å². The van der Waals surface area contributed by atoms with E-state index in [9.17, 15) is 4.79 Å². The molecule has 0 aliphatic carbocycles. The van der Waals surface area contributed by atoms with E-state index in [1.54, 1.807) is 0 Å². The van der Waals surface area contributed by atoms with Crippen LogP contribution >= 0.6 is 0 Å². The molecular weight excluding hydrogens is 298 g/mol. The zero-order chi connectivity index (χ0) is 16.4. The van der Waals surface area contributed by atoms with Crippen LogP contribution in [0.15, 0.2) is 48.8 Å². The van der Waals surface area contributed by atoms with Gasteiger partial charge in [-0.1, -0.05) is 12.1 Å². The minimum absolute atomic E-state index is 0.191. The van der Waals surface area contributed by atoms with Crippen molar-refractivity contribution in [1.29, 1.82) is 0 Å². The van der Waals surface area contributed by atoms with Gasteiger partial charge < -0.3 is 9.47 Å². The standard InChI is InChI=1S/C20H25N3O/c24-20(23-14-4-13-22-12-3-5-19(22)16-23)18-8-6-17(7-9-18)15-21-10-1-2-11-21/h1-2,6-11,19H,3-5,12-16H2. The molecule has 2 aliphatic rings. The van der Waals surface area contributed by atoms with Crippen molar-refractivity contribution in [3.63, 3.8) is 0 Å². The van der Waals surface area contributed by atoms with Crippen LogP contribution in [0, 0.1) is 0 Å². The predicted octanol–water partition coefficient (Wildman–Crippen LogP) is 2.85. The summed E-state index contributed by atoms with van der Waals surface area (Å²) in [5, 5.41) is 0. The number of carbonyl (C=O) groups is 1. The Morgan fingerprint density at radius 3 is 2.54 bits per heavy atom. The van der Waals surface area contributed by atoms with Gasteiger partial charge in [0.2, 0.25) is 0 Å². The number of hydrogen-bond donors (Lipinski definition) is 0. The van der Waals surface area contributed by atoms with Crippen molar-refractivity contribution in [1.82, 2.24) is 14.4 Å². The maximum absolute atomic E-state index is 12.9. The molecule has 2 saturated heterocycles. The van der Waals surface area contributed by atoms with Crippen LogP contribution in [0.2, 0.25) is 0 Å². The Hall–Kier alpha value is -2.07. The Labute approximate surface area is 143 Å². The highest BCUT2D eigenvalue weighted by Crippen LogP contribution is 2.22. The average Bonchev–Trinajstić information content (AvgIpc) is 3.23. The second-order valence-electron chi connectivity index (χ2n) is 6.99. The molecule has 4 nitrogen and oxygen atoms in total. The molecule has 0 bridgehead atoms. The number of aromatic nitrogens is 1. The van der Waals surface area contributed by atoms with Crippen molar-refractivity contribution in [2.24, 2.45) is 0 Å². The zero-order valence-electron chi connectivity index (χ0n) is 14.1. The van der Waals surface area contributed by atoms with Crippen LogP contribution < -0.4 is 0 Å². The van der Waals surface area contributed by atoms with Crippen LogP contribution in [0.25, 0.3) is 0 Å². The van der Waals surface area contributed by atoms with E-state index < -0.39 is 0 Å². The van der Waals surface area contributed by atoms with Gasteiger partial charge in [0.1, 0.15) is 0 Å². The lowest BCUT2D eigenvalue weighted by Gasteiger charge is -2.25. The smallest absolute Gasteiger partial charge is 0.253 e. The predicted molar refractivity (Wildman–Crippen MR) is 95.1 cm³/mol. The van der Waals surface area contributed by atoms with Crippen molar-refractivity contribution in [3.8, 4) is 0 Å². The highest BCUT2D eigenvalue weighted by molar-refractivity contribution is 5.94. The summed E-state index contributed by atoms with van der Waals surface area (Å²) >= 11 is 0. The summed E-state index contributed by atoms with van der Waals surface area (Å²) in [5.41, 5.74) is 2.04. The molecular formula is C20H25N3O. The molecule has 1 unspecified atom stereocenters. The maximum Gasteiger partial charge on any atom is 0.253 e. The lowest BCUT2D eigenvalue weighted by molar-refractivity contribution is 0.0743. The van der Waals surface area contributed by atoms with Crippen LogP contribution in [-0.2, 0) is 6.54 Å². The minimum Gasteiger partial charge on any atom is -0.350 e. The van der Waals surface area contributed by atoms with Crippen LogP contribution in [-0.4, -0.2) is 52.5 Å². The highest BCUT2D eigenvalue weighted by Gasteiger charge is 2.30. The SMILES string of the molecule is O=C(c1ccc(Cn2cccc2)cc1)N1CCCN2CCCC2C1. The molecule has 1 atom stereocenters. The number of benzene rings is 1. The summed E-state index contributed by atoms with van der Waals surface area (Å²) in [6, 6.07) is 12.8. The van der Waals surface area contributed by atoms with Crippen molar-refractivity contribution in [2.75, 3.05) is 26.2 Å². The molecule has 3 heterocycles. The van der Waals surface area contributed by atoms with Gasteiger partial charge in [-0.25, -0.2) is 0 Å². The molecule has 4 heteroatoms. The average molecular weight is 323 g/mol. The van der Waals surface area contributed by atoms with E-state index in [2.05, 4.69) is 38.9 Å². The van der Waals surface area contributed by atoms with Crippen LogP contribution in [0.1, 0.15) is 35.2 Å². The fourth-order valence-corrected chi connectivity index (χ4v) is 4.01. The van der Waals surface area contributed by atoms with Crippen molar-refractivity contribution in [3.05, 3.63) is 59.9 Å². The number of fused-ring (bicyclic) bond motifs is 1. The third kappa shape index (κ3) is 3.24. The van der Waals surface area contributed by atoms with E-state index in [-0.39, 0.29) is 5.91 Å². The second-order valence-corrected chi connectivity index (χ2v) is 6.99. The first-order chi connectivity index (χ1) is 11.8. The number of hydrogen-bond acceptors (Lipinski definition) is 2. The fourth-order valence-electron chi connectivity index (χ4n) is 4.01. The molecule has 0 spiro atoms. The molecule has 0 radical (unpaired) electrons. The summed E-state index contributed by atoms with van der Waals surface area (Å²) in [6.07, 6.45) is 7.72. The molecule has 4 rings (SSSR count). The van der Waals surface area contributed by atoms with Gasteiger partial charge in [0.25, 0.3) is 5.91 Å². The topological polar surface area (TPSA) is 28.5 Å². The maximum atomic E-state index is 12.9. The molecule has 2 aliphatic heterocycles. The van der Waals surface area contributed by atoms with Crippen molar-refractivity contribution >= 4 is 5.91 Å². The Morgan fingerprint density at radius 2 is 1.75 bits per heavy atom. The number of rotatable bonds is 3. The normalized spacial score (nSPS) is 21.5. The van der Waals surface area contributed by atoms with Gasteiger partial charge in [-0.3, -0.25) is 9.69 Å². The van der Waals surface area contributed by atoms with Crippen LogP contribution in [0.3, 0.4) is 0 Å². The monoisotopic (exact) mass is 323 g/mol. The molecule has 24 heavy (non-hydrogen) atoms. The van der Waals surface area contributed by atoms with Gasteiger partial charge in [0.15, 0.2) is 0 Å². The summed E-state index contributed by atoms with van der Waals surface area (Å²) in [4.78, 5) is 17.5. The summed E-state index contributed by atoms with van der Waals surface area (Å²) in [5.74, 6) is 0.191. The van der Waals surface area contributed by atoms with Crippen LogP contribution in [0.5, 0.6) is 0 Å². The molecule has 1 aromatic carbocycles. The molecule has 1 amide bonds. The van der Waals surface area contributed by atoms with Gasteiger partial charge in [-0.05, 0) is 55.6 Å². The van der Waals surface area contributed by atoms with E-state index in [0.717, 1.165) is 38.2 Å². The second kappa shape index (κ2) is 6.81. The number of amides is 1. The van der Waals surface area contributed by atoms with Gasteiger partial charge in [-0.15, -0.1) is 0 Å². The highest BCUT2D eigenvalue weighted by atomic mass is 16.2. The molecule has 0 saturated carbocycles. The summed E-state index contributed by atoms with van der Waals surface area (Å²) < 4.78 is 2.14. The first-order valence-corrected chi connectivity index (χ1v) is 9.02. The fraction of sp³-hybridized carbons (Fsp3) is 0.450. The Bertz CT molecular complexity index is 677. The quantitative estimate of drug-likeness (QED) is 0.869. The number of carbonyl (C=O) groups excluding carboxylic acids is 1. The van der Waals surface area contributed by atoms with Crippen LogP contribution in [0.4, 0.5) is 0 Å². The van der Waals surface area contributed by atoms with Gasteiger partial charge >= 0.3 is 0 Å². The third-order valence-electron chi connectivity index (χ3n) is 5.32. The lowest BCUT2D eigenvalue weighted by atomic mass is 10.1. The number of nitrogens with zero attached hydrogens (tertiary/aromatic N) is 3. The minimum atomic E-state index is 0.191. The molecule has 0 N–H and O–H groups in total. The third-order valence-corrected chi connectivity index (χ3v) is 5.32. The zero-order valence-corrected chi connectivity index (χ0v) is 14.1. The van der Waals surface area contributed by atoms with Gasteiger partial charge in [0.05, 0.1) is 0 Å². The Morgan fingerprint density at radius 1 is 1.00 bits per heavy atom. The van der Waals surface area contributed by atoms with E-state index in [1.807, 2.05) is 24.3 Å². The summed E-state index contributed by atoms with van der Waals surface area (Å²) in [6.45, 7) is 4.98. The molecule has 126 valence electrons. The van der Waals surface area contributed by atoms with E-state index >= 15 is 0 Å². The molecule has 2 aromatic rings. The lowest BCUT2D eigenvalue weighted by Crippen LogP contribution is -2.39. The van der Waals surface area contributed by atoms with E-state index in [1.165, 1.54) is 24.9 Å². The first-order valence-electron chi connectivity index (χ1n) is 9.02. The van der Waals surface area contributed by atoms with E-state index in [0.29, 0.717) is 6.04 Å². The largest absolute Gasteiger partial charge is 0.350 e.